The van der Waals surface area contributed by atoms with Gasteiger partial charge in [-0.05, 0) is 32.6 Å². The Balaban J connectivity index is 1.71. The monoisotopic (exact) mass is 381 g/mol. The molecule has 1 atom stereocenters. The number of carboxylic acids is 1. The highest BCUT2D eigenvalue weighted by atomic mass is 16.4. The predicted molar refractivity (Wildman–Crippen MR) is 106 cm³/mol. The second-order valence-electron chi connectivity index (χ2n) is 8.35. The molecule has 2 heterocycles. The fourth-order valence-corrected chi connectivity index (χ4v) is 4.59. The molecule has 4 rings (SSSR count). The van der Waals surface area contributed by atoms with Crippen LogP contribution in [0.5, 0.6) is 0 Å². The summed E-state index contributed by atoms with van der Waals surface area (Å²) < 4.78 is 2.02. The lowest BCUT2D eigenvalue weighted by atomic mass is 9.82. The summed E-state index contributed by atoms with van der Waals surface area (Å²) in [6, 6.07) is 10.2. The summed E-state index contributed by atoms with van der Waals surface area (Å²) in [6.45, 7) is 2.56. The number of rotatable bonds is 4. The van der Waals surface area contributed by atoms with Crippen molar-refractivity contribution in [2.45, 2.75) is 51.5 Å². The molecule has 1 aliphatic carbocycles. The van der Waals surface area contributed by atoms with Crippen LogP contribution in [0.1, 0.15) is 61.8 Å². The molecule has 6 heteroatoms. The Morgan fingerprint density at radius 1 is 1.14 bits per heavy atom. The van der Waals surface area contributed by atoms with Crippen molar-refractivity contribution in [1.82, 2.24) is 14.7 Å². The van der Waals surface area contributed by atoms with E-state index in [0.29, 0.717) is 31.0 Å². The van der Waals surface area contributed by atoms with Crippen molar-refractivity contribution in [3.05, 3.63) is 42.1 Å². The van der Waals surface area contributed by atoms with Crippen molar-refractivity contribution in [3.8, 4) is 11.3 Å². The predicted octanol–water partition coefficient (Wildman–Crippen LogP) is 3.99. The number of carbonyl (C=O) groups excluding carboxylic acids is 1. The van der Waals surface area contributed by atoms with E-state index in [1.807, 2.05) is 35.0 Å². The number of aliphatic carboxylic acids is 1. The van der Waals surface area contributed by atoms with Gasteiger partial charge in [0, 0.05) is 18.7 Å². The molecule has 1 amide bonds. The fourth-order valence-electron chi connectivity index (χ4n) is 4.59. The zero-order chi connectivity index (χ0) is 19.7. The van der Waals surface area contributed by atoms with Gasteiger partial charge in [-0.25, -0.2) is 0 Å². The van der Waals surface area contributed by atoms with Gasteiger partial charge in [0.2, 0.25) is 0 Å². The largest absolute Gasteiger partial charge is 0.481 e. The highest BCUT2D eigenvalue weighted by molar-refractivity contribution is 6.00. The normalized spacial score (nSPS) is 23.1. The minimum atomic E-state index is -0.887. The molecule has 1 saturated heterocycles. The number of amides is 1. The minimum Gasteiger partial charge on any atom is -0.481 e. The molecule has 6 nitrogen and oxygen atoms in total. The van der Waals surface area contributed by atoms with Crippen molar-refractivity contribution in [2.24, 2.45) is 5.41 Å². The Labute approximate surface area is 165 Å². The zero-order valence-corrected chi connectivity index (χ0v) is 16.3. The summed E-state index contributed by atoms with van der Waals surface area (Å²) in [5, 5.41) is 14.2. The first-order valence-electron chi connectivity index (χ1n) is 10.2. The van der Waals surface area contributed by atoms with E-state index in [1.54, 1.807) is 18.0 Å². The van der Waals surface area contributed by atoms with Crippen molar-refractivity contribution in [2.75, 3.05) is 13.1 Å². The summed E-state index contributed by atoms with van der Waals surface area (Å²) in [7, 11) is 0. The first-order valence-corrected chi connectivity index (χ1v) is 10.2. The summed E-state index contributed by atoms with van der Waals surface area (Å²) in [6.07, 6.45) is 7.50. The van der Waals surface area contributed by atoms with Gasteiger partial charge in [0.05, 0.1) is 28.9 Å². The number of carbonyl (C=O) groups is 2. The molecule has 1 aromatic heterocycles. The molecule has 0 spiro atoms. The van der Waals surface area contributed by atoms with Crippen LogP contribution in [-0.4, -0.2) is 44.8 Å². The van der Waals surface area contributed by atoms with Crippen LogP contribution in [0.2, 0.25) is 0 Å². The van der Waals surface area contributed by atoms with Crippen LogP contribution in [0.25, 0.3) is 11.3 Å². The van der Waals surface area contributed by atoms with Crippen LogP contribution in [-0.2, 0) is 4.79 Å². The molecule has 28 heavy (non-hydrogen) atoms. The van der Waals surface area contributed by atoms with E-state index in [4.69, 9.17) is 0 Å². The molecule has 148 valence electrons. The van der Waals surface area contributed by atoms with Gasteiger partial charge in [-0.3, -0.25) is 14.3 Å². The molecule has 0 bridgehead atoms. The molecule has 2 aromatic rings. The zero-order valence-electron chi connectivity index (χ0n) is 16.3. The standard InChI is InChI=1S/C22H27N3O3/c1-22(21(27)28)12-7-13-24(15-22)20(26)18-14-23-25(17-10-5-6-11-17)19(18)16-8-3-2-4-9-16/h2-4,8-9,14,17H,5-7,10-13,15H2,1H3,(H,27,28). The van der Waals surface area contributed by atoms with Gasteiger partial charge < -0.3 is 10.0 Å². The minimum absolute atomic E-state index is 0.115. The van der Waals surface area contributed by atoms with Crippen LogP contribution in [0, 0.1) is 5.41 Å². The molecule has 1 N–H and O–H groups in total. The summed E-state index contributed by atoms with van der Waals surface area (Å²) in [4.78, 5) is 26.8. The molecule has 1 unspecified atom stereocenters. The van der Waals surface area contributed by atoms with Crippen LogP contribution < -0.4 is 0 Å². The van der Waals surface area contributed by atoms with Gasteiger partial charge >= 0.3 is 5.97 Å². The van der Waals surface area contributed by atoms with Crippen molar-refractivity contribution in [3.63, 3.8) is 0 Å². The van der Waals surface area contributed by atoms with Gasteiger partial charge in [-0.1, -0.05) is 43.2 Å². The molecule has 2 fully saturated rings. The highest BCUT2D eigenvalue weighted by Crippen LogP contribution is 2.36. The SMILES string of the molecule is CC1(C(=O)O)CCCN(C(=O)c2cnn(C3CCCC3)c2-c2ccccc2)C1. The third-order valence-corrected chi connectivity index (χ3v) is 6.24. The molecule has 2 aliphatic rings. The van der Waals surface area contributed by atoms with Crippen molar-refractivity contribution < 1.29 is 14.7 Å². The first-order chi connectivity index (χ1) is 13.5. The number of benzene rings is 1. The number of aromatic nitrogens is 2. The van der Waals surface area contributed by atoms with Crippen LogP contribution in [0.4, 0.5) is 0 Å². The molecule has 1 aliphatic heterocycles. The molecule has 1 saturated carbocycles. The number of likely N-dealkylation sites (tertiary alicyclic amines) is 1. The Morgan fingerprint density at radius 2 is 1.86 bits per heavy atom. The summed E-state index contributed by atoms with van der Waals surface area (Å²) >= 11 is 0. The Hall–Kier alpha value is -2.63. The van der Waals surface area contributed by atoms with E-state index in [-0.39, 0.29) is 12.5 Å². The van der Waals surface area contributed by atoms with Gasteiger partial charge in [0.1, 0.15) is 0 Å². The topological polar surface area (TPSA) is 75.4 Å². The van der Waals surface area contributed by atoms with Gasteiger partial charge in [-0.2, -0.15) is 5.10 Å². The third-order valence-electron chi connectivity index (χ3n) is 6.24. The summed E-state index contributed by atoms with van der Waals surface area (Å²) in [5.74, 6) is -0.954. The molecule has 0 radical (unpaired) electrons. The number of hydrogen-bond acceptors (Lipinski definition) is 3. The summed E-state index contributed by atoms with van der Waals surface area (Å²) in [5.41, 5.74) is 1.53. The van der Waals surface area contributed by atoms with Crippen molar-refractivity contribution >= 4 is 11.9 Å². The fraction of sp³-hybridized carbons (Fsp3) is 0.500. The Morgan fingerprint density at radius 3 is 2.54 bits per heavy atom. The van der Waals surface area contributed by atoms with E-state index in [1.165, 1.54) is 12.8 Å². The lowest BCUT2D eigenvalue weighted by Gasteiger charge is -2.37. The van der Waals surface area contributed by atoms with Gasteiger partial charge in [0.25, 0.3) is 5.91 Å². The number of nitrogens with zero attached hydrogens (tertiary/aromatic N) is 3. The van der Waals surface area contributed by atoms with Gasteiger partial charge in [-0.15, -0.1) is 0 Å². The van der Waals surface area contributed by atoms with E-state index in [2.05, 4.69) is 5.10 Å². The first kappa shape index (κ1) is 18.7. The second kappa shape index (κ2) is 7.41. The quantitative estimate of drug-likeness (QED) is 0.869. The van der Waals surface area contributed by atoms with E-state index < -0.39 is 11.4 Å². The highest BCUT2D eigenvalue weighted by Gasteiger charge is 2.40. The number of carboxylic acid groups (broad SMARTS) is 1. The lowest BCUT2D eigenvalue weighted by Crippen LogP contribution is -2.48. The number of piperidine rings is 1. The Kier molecular flexibility index (Phi) is 4.96. The average molecular weight is 381 g/mol. The van der Waals surface area contributed by atoms with Crippen molar-refractivity contribution in [1.29, 1.82) is 0 Å². The van der Waals surface area contributed by atoms with Crippen LogP contribution >= 0.6 is 0 Å². The van der Waals surface area contributed by atoms with Crippen LogP contribution in [0.3, 0.4) is 0 Å². The maximum Gasteiger partial charge on any atom is 0.311 e. The van der Waals surface area contributed by atoms with Gasteiger partial charge in [0.15, 0.2) is 0 Å². The Bertz CT molecular complexity index is 870. The van der Waals surface area contributed by atoms with E-state index in [0.717, 1.165) is 24.1 Å². The smallest absolute Gasteiger partial charge is 0.311 e. The maximum absolute atomic E-state index is 13.4. The van der Waals surface area contributed by atoms with E-state index in [9.17, 15) is 14.7 Å². The average Bonchev–Trinajstić information content (AvgIpc) is 3.37. The maximum atomic E-state index is 13.4. The third kappa shape index (κ3) is 3.32. The lowest BCUT2D eigenvalue weighted by molar-refractivity contribution is -0.150. The molecule has 1 aromatic carbocycles. The molecular weight excluding hydrogens is 354 g/mol. The molecular formula is C22H27N3O3. The number of hydrogen-bond donors (Lipinski definition) is 1. The van der Waals surface area contributed by atoms with E-state index >= 15 is 0 Å². The second-order valence-corrected chi connectivity index (χ2v) is 8.35. The van der Waals surface area contributed by atoms with Crippen LogP contribution in [0.15, 0.2) is 36.5 Å².